The van der Waals surface area contributed by atoms with Crippen molar-refractivity contribution < 1.29 is 0 Å². The van der Waals surface area contributed by atoms with Gasteiger partial charge in [-0.2, -0.15) is 15.8 Å². The zero-order chi connectivity index (χ0) is 73.6. The lowest BCUT2D eigenvalue weighted by atomic mass is 9.99. The van der Waals surface area contributed by atoms with Crippen LogP contribution in [0.2, 0.25) is 0 Å². The van der Waals surface area contributed by atoms with Gasteiger partial charge in [0.2, 0.25) is 0 Å². The maximum atomic E-state index is 10.3. The molecule has 5 aromatic heterocycles. The van der Waals surface area contributed by atoms with Crippen LogP contribution in [0.5, 0.6) is 0 Å². The Balaban J connectivity index is 0.846. The molecular formula is C96H56N14. The quantitative estimate of drug-likeness (QED) is 0.1000. The van der Waals surface area contributed by atoms with E-state index in [1.807, 2.05) is 212 Å². The Hall–Kier alpha value is -15.8. The number of para-hydroxylation sites is 2. The van der Waals surface area contributed by atoms with E-state index in [1.54, 1.807) is 6.07 Å². The number of aromatic nitrogens is 11. The average Bonchev–Trinajstić information content (AvgIpc) is 1.57. The van der Waals surface area contributed by atoms with Gasteiger partial charge in [0, 0.05) is 71.6 Å². The molecule has 19 rings (SSSR count). The maximum Gasteiger partial charge on any atom is 0.166 e. The number of benzene rings is 14. The van der Waals surface area contributed by atoms with E-state index in [2.05, 4.69) is 149 Å². The first-order valence-corrected chi connectivity index (χ1v) is 35.8. The molecule has 0 atom stereocenters. The number of fused-ring (bicyclic) bond motifs is 6. The normalized spacial score (nSPS) is 11.2. The number of hydrogen-bond acceptors (Lipinski definition) is 12. The van der Waals surface area contributed by atoms with Crippen molar-refractivity contribution in [1.29, 1.82) is 15.8 Å². The summed E-state index contributed by atoms with van der Waals surface area (Å²) < 4.78 is 4.55. The smallest absolute Gasteiger partial charge is 0.166 e. The predicted molar refractivity (Wildman–Crippen MR) is 435 cm³/mol. The van der Waals surface area contributed by atoms with Gasteiger partial charge in [0.1, 0.15) is 0 Å². The van der Waals surface area contributed by atoms with E-state index in [-0.39, 0.29) is 0 Å². The Morgan fingerprint density at radius 2 is 0.436 bits per heavy atom. The molecule has 0 aliphatic rings. The molecule has 14 heteroatoms. The molecule has 0 amide bonds. The van der Waals surface area contributed by atoms with Gasteiger partial charge in [0.05, 0.1) is 68.3 Å². The second-order valence-electron chi connectivity index (χ2n) is 26.7. The summed E-state index contributed by atoms with van der Waals surface area (Å²) in [6.07, 6.45) is 0. The Morgan fingerprint density at radius 1 is 0.182 bits per heavy atom. The first-order chi connectivity index (χ1) is 54.3. The summed E-state index contributed by atoms with van der Waals surface area (Å²) in [6.45, 7) is 0. The van der Waals surface area contributed by atoms with Crippen molar-refractivity contribution in [1.82, 2.24) is 54.0 Å². The van der Waals surface area contributed by atoms with Gasteiger partial charge in [-0.05, 0) is 143 Å². The molecular weight excluding hydrogens is 1350 g/mol. The third kappa shape index (κ3) is 12.1. The van der Waals surface area contributed by atoms with E-state index in [1.165, 1.54) is 0 Å². The minimum atomic E-state index is 0.378. The van der Waals surface area contributed by atoms with Crippen molar-refractivity contribution in [2.24, 2.45) is 0 Å². The van der Waals surface area contributed by atoms with E-state index >= 15 is 0 Å². The summed E-state index contributed by atoms with van der Waals surface area (Å²) in [4.78, 5) is 47.6. The lowest BCUT2D eigenvalue weighted by molar-refractivity contribution is 1.06. The Bertz CT molecular complexity index is 6510. The summed E-state index contributed by atoms with van der Waals surface area (Å²) in [7, 11) is 0. The van der Waals surface area contributed by atoms with Crippen molar-refractivity contribution in [2.75, 3.05) is 0 Å². The highest BCUT2D eigenvalue weighted by Crippen LogP contribution is 2.44. The first kappa shape index (κ1) is 65.0. The standard InChI is InChI=1S/C96H56N14/c97-57-60-20-17-31-69(50-60)63-38-40-68(41-39-63)92-106-95(78-46-42-72(70-32-18-21-61(51-70)58-98)55-86(78)109-82-36-15-13-34-76(82)80-53-74(44-48-84(80)109)93-102-88(64-23-5-1-6-24-64)100-89(103-93)65-25-7-2-8-26-65)108-96(107-92)79-47-43-73(71-33-19-22-62(52-71)59-99)56-87(79)110-83-37-16-14-35-77(83)81-54-75(45-49-85(81)110)94-104-90(66-27-9-3-10-28-66)101-91(105-94)67-29-11-4-12-30-67/h1-56H. The molecule has 0 radical (unpaired) electrons. The molecule has 0 saturated carbocycles. The van der Waals surface area contributed by atoms with Crippen LogP contribution < -0.4 is 0 Å². The van der Waals surface area contributed by atoms with Crippen LogP contribution in [0.15, 0.2) is 340 Å². The number of hydrogen-bond donors (Lipinski definition) is 0. The third-order valence-electron chi connectivity index (χ3n) is 20.0. The van der Waals surface area contributed by atoms with Gasteiger partial charge in [-0.15, -0.1) is 0 Å². The molecule has 0 aliphatic heterocycles. The fourth-order valence-electron chi connectivity index (χ4n) is 14.7. The van der Waals surface area contributed by atoms with Crippen molar-refractivity contribution in [3.8, 4) is 165 Å². The van der Waals surface area contributed by atoms with Gasteiger partial charge in [-0.3, -0.25) is 0 Å². The molecule has 0 unspecified atom stereocenters. The molecule has 0 spiro atoms. The number of nitriles is 3. The van der Waals surface area contributed by atoms with E-state index < -0.39 is 0 Å². The summed E-state index contributed by atoms with van der Waals surface area (Å²) in [6, 6.07) is 120. The Labute approximate surface area is 631 Å². The monoisotopic (exact) mass is 1400 g/mol. The highest BCUT2D eigenvalue weighted by molar-refractivity contribution is 6.12. The van der Waals surface area contributed by atoms with E-state index in [0.29, 0.717) is 80.2 Å². The molecule has 14 nitrogen and oxygen atoms in total. The van der Waals surface area contributed by atoms with Crippen LogP contribution in [0.4, 0.5) is 0 Å². The summed E-state index contributed by atoms with van der Waals surface area (Å²) in [5.41, 5.74) is 19.1. The number of rotatable bonds is 14. The number of nitrogens with zero attached hydrogens (tertiary/aromatic N) is 14. The highest BCUT2D eigenvalue weighted by atomic mass is 15.1. The maximum absolute atomic E-state index is 10.3. The van der Waals surface area contributed by atoms with Crippen LogP contribution in [0.25, 0.3) is 191 Å². The third-order valence-corrected chi connectivity index (χ3v) is 20.0. The fourth-order valence-corrected chi connectivity index (χ4v) is 14.7. The molecule has 0 bridgehead atoms. The zero-order valence-corrected chi connectivity index (χ0v) is 58.6. The van der Waals surface area contributed by atoms with Crippen LogP contribution in [0.1, 0.15) is 16.7 Å². The molecule has 5 heterocycles. The molecule has 0 fully saturated rings. The lowest BCUT2D eigenvalue weighted by Crippen LogP contribution is -2.06. The minimum absolute atomic E-state index is 0.378. The van der Waals surface area contributed by atoms with Crippen molar-refractivity contribution >= 4 is 43.6 Å². The van der Waals surface area contributed by atoms with Crippen molar-refractivity contribution in [3.63, 3.8) is 0 Å². The molecule has 0 aliphatic carbocycles. The average molecular weight is 1410 g/mol. The van der Waals surface area contributed by atoms with Gasteiger partial charge >= 0.3 is 0 Å². The van der Waals surface area contributed by atoms with E-state index in [4.69, 9.17) is 44.9 Å². The second-order valence-corrected chi connectivity index (χ2v) is 26.7. The SMILES string of the molecule is N#Cc1cccc(-c2ccc(-c3nc(-c4ccc(-c5cccc(C#N)c5)cc4-n4c5ccccc5c5cc(-c6nc(-c7ccccc7)nc(-c7ccccc7)n6)ccc54)nc(-c4ccc(-c5cccc(C#N)c5)cc4-n4c5ccccc5c5cc(-c6nc(-c7ccccc7)nc(-c7ccccc7)n6)ccc54)n3)cc2)c1. The van der Waals surface area contributed by atoms with Crippen LogP contribution in [0, 0.1) is 34.0 Å². The largest absolute Gasteiger partial charge is 0.308 e. The van der Waals surface area contributed by atoms with Crippen LogP contribution >= 0.6 is 0 Å². The molecule has 19 aromatic rings. The fraction of sp³-hybridized carbons (Fsp3) is 0. The molecule has 510 valence electrons. The molecule has 14 aromatic carbocycles. The topological polar surface area (TPSA) is 197 Å². The highest BCUT2D eigenvalue weighted by Gasteiger charge is 2.26. The van der Waals surface area contributed by atoms with Crippen LogP contribution in [0.3, 0.4) is 0 Å². The summed E-state index contributed by atoms with van der Waals surface area (Å²) in [5, 5.41) is 34.5. The lowest BCUT2D eigenvalue weighted by Gasteiger charge is -2.18. The molecule has 110 heavy (non-hydrogen) atoms. The predicted octanol–water partition coefficient (Wildman–Crippen LogP) is 22.1. The van der Waals surface area contributed by atoms with Crippen molar-refractivity contribution in [2.45, 2.75) is 0 Å². The van der Waals surface area contributed by atoms with E-state index in [0.717, 1.165) is 127 Å². The van der Waals surface area contributed by atoms with E-state index in [9.17, 15) is 15.8 Å². The summed E-state index contributed by atoms with van der Waals surface area (Å²) >= 11 is 0. The summed E-state index contributed by atoms with van der Waals surface area (Å²) in [5.74, 6) is 4.43. The van der Waals surface area contributed by atoms with Crippen LogP contribution in [-0.4, -0.2) is 54.0 Å². The van der Waals surface area contributed by atoms with Gasteiger partial charge in [0.15, 0.2) is 52.4 Å². The van der Waals surface area contributed by atoms with Gasteiger partial charge in [0.25, 0.3) is 0 Å². The second kappa shape index (κ2) is 27.7. The van der Waals surface area contributed by atoms with Crippen molar-refractivity contribution in [3.05, 3.63) is 356 Å². The van der Waals surface area contributed by atoms with Gasteiger partial charge < -0.3 is 9.13 Å². The van der Waals surface area contributed by atoms with Gasteiger partial charge in [-0.25, -0.2) is 44.9 Å². The minimum Gasteiger partial charge on any atom is -0.308 e. The molecule has 0 saturated heterocycles. The zero-order valence-electron chi connectivity index (χ0n) is 58.6. The first-order valence-electron chi connectivity index (χ1n) is 35.8. The Kier molecular flexibility index (Phi) is 16.3. The Morgan fingerprint density at radius 3 is 0.800 bits per heavy atom. The molecule has 0 N–H and O–H groups in total. The van der Waals surface area contributed by atoms with Gasteiger partial charge in [-0.1, -0.05) is 231 Å². The van der Waals surface area contributed by atoms with Crippen LogP contribution in [-0.2, 0) is 0 Å².